The number of carbonyl (C=O) groups excluding carboxylic acids is 1. The first-order chi connectivity index (χ1) is 9.27. The average Bonchev–Trinajstić information content (AvgIpc) is 2.37. The average molecular weight is 342 g/mol. The lowest BCUT2D eigenvalue weighted by Crippen LogP contribution is -2.35. The van der Waals surface area contributed by atoms with Crippen molar-refractivity contribution in [2.24, 2.45) is 0 Å². The van der Waals surface area contributed by atoms with Gasteiger partial charge >= 0.3 is 0 Å². The van der Waals surface area contributed by atoms with Gasteiger partial charge in [-0.25, -0.2) is 0 Å². The van der Waals surface area contributed by atoms with Gasteiger partial charge in [0.25, 0.3) is 5.91 Å². The number of hydrogen-bond acceptors (Lipinski definition) is 2. The molecule has 112 valence electrons. The van der Waals surface area contributed by atoms with E-state index in [-0.39, 0.29) is 16.1 Å². The van der Waals surface area contributed by atoms with Gasteiger partial charge < -0.3 is 9.64 Å². The van der Waals surface area contributed by atoms with Crippen LogP contribution in [0.1, 0.15) is 36.7 Å². The second kappa shape index (κ2) is 7.23. The summed E-state index contributed by atoms with van der Waals surface area (Å²) in [5.41, 5.74) is 1.81. The first-order valence-corrected chi connectivity index (χ1v) is 7.67. The summed E-state index contributed by atoms with van der Waals surface area (Å²) in [6, 6.07) is 7.83. The number of ether oxygens (including phenoxy) is 1. The number of methoxy groups -OCH3 is 1. The van der Waals surface area contributed by atoms with Crippen LogP contribution >= 0.6 is 15.9 Å². The number of benzene rings is 1. The SMILES string of the molecule is COCC(Br)CN(C)C(=O)c1ccccc1C(C)(C)C. The zero-order chi connectivity index (χ0) is 15.3. The van der Waals surface area contributed by atoms with Crippen molar-refractivity contribution in [3.05, 3.63) is 35.4 Å². The Balaban J connectivity index is 2.92. The molecule has 1 amide bonds. The van der Waals surface area contributed by atoms with Crippen LogP contribution in [0.2, 0.25) is 0 Å². The minimum absolute atomic E-state index is 0.0482. The molecule has 0 fully saturated rings. The van der Waals surface area contributed by atoms with E-state index in [4.69, 9.17) is 4.74 Å². The third kappa shape index (κ3) is 4.60. The normalized spacial score (nSPS) is 13.1. The Morgan fingerprint density at radius 1 is 1.35 bits per heavy atom. The molecule has 0 aromatic heterocycles. The van der Waals surface area contributed by atoms with Gasteiger partial charge in [-0.3, -0.25) is 4.79 Å². The summed E-state index contributed by atoms with van der Waals surface area (Å²) >= 11 is 3.52. The van der Waals surface area contributed by atoms with Gasteiger partial charge in [-0.1, -0.05) is 54.9 Å². The van der Waals surface area contributed by atoms with E-state index in [1.165, 1.54) is 0 Å². The minimum Gasteiger partial charge on any atom is -0.383 e. The quantitative estimate of drug-likeness (QED) is 0.767. The monoisotopic (exact) mass is 341 g/mol. The number of hydrogen-bond donors (Lipinski definition) is 0. The molecule has 1 atom stereocenters. The maximum absolute atomic E-state index is 12.6. The van der Waals surface area contributed by atoms with E-state index in [1.54, 1.807) is 12.0 Å². The van der Waals surface area contributed by atoms with Crippen molar-refractivity contribution in [2.45, 2.75) is 31.0 Å². The Labute approximate surface area is 130 Å². The van der Waals surface area contributed by atoms with Crippen LogP contribution in [0.15, 0.2) is 24.3 Å². The lowest BCUT2D eigenvalue weighted by Gasteiger charge is -2.26. The Kier molecular flexibility index (Phi) is 6.21. The molecule has 0 heterocycles. The molecule has 1 aromatic rings. The van der Waals surface area contributed by atoms with E-state index in [1.807, 2.05) is 31.3 Å². The number of alkyl halides is 1. The van der Waals surface area contributed by atoms with Gasteiger partial charge in [-0.2, -0.15) is 0 Å². The molecular formula is C16H24BrNO2. The van der Waals surface area contributed by atoms with E-state index in [0.29, 0.717) is 13.2 Å². The van der Waals surface area contributed by atoms with Crippen molar-refractivity contribution >= 4 is 21.8 Å². The molecule has 3 nitrogen and oxygen atoms in total. The molecule has 0 radical (unpaired) electrons. The fraction of sp³-hybridized carbons (Fsp3) is 0.562. The van der Waals surface area contributed by atoms with E-state index in [9.17, 15) is 4.79 Å². The van der Waals surface area contributed by atoms with Gasteiger partial charge in [0.05, 0.1) is 11.4 Å². The van der Waals surface area contributed by atoms with Crippen LogP contribution in [0.4, 0.5) is 0 Å². The highest BCUT2D eigenvalue weighted by Gasteiger charge is 2.23. The minimum atomic E-state index is -0.0482. The number of carbonyl (C=O) groups is 1. The molecule has 1 aromatic carbocycles. The van der Waals surface area contributed by atoms with Gasteiger partial charge in [0.15, 0.2) is 0 Å². The number of rotatable bonds is 5. The fourth-order valence-corrected chi connectivity index (χ4v) is 2.84. The topological polar surface area (TPSA) is 29.5 Å². The standard InChI is InChI=1S/C16H24BrNO2/c1-16(2,3)14-9-7-6-8-13(14)15(19)18(4)10-12(17)11-20-5/h6-9,12H,10-11H2,1-5H3. The van der Waals surface area contributed by atoms with Gasteiger partial charge in [-0.15, -0.1) is 0 Å². The molecular weight excluding hydrogens is 318 g/mol. The highest BCUT2D eigenvalue weighted by Crippen LogP contribution is 2.26. The molecule has 0 aliphatic carbocycles. The summed E-state index contributed by atoms with van der Waals surface area (Å²) in [4.78, 5) is 14.5. The molecule has 0 aliphatic rings. The van der Waals surface area contributed by atoms with Crippen LogP contribution in [0.3, 0.4) is 0 Å². The molecule has 1 unspecified atom stereocenters. The van der Waals surface area contributed by atoms with Crippen LogP contribution in [0.5, 0.6) is 0 Å². The van der Waals surface area contributed by atoms with Crippen LogP contribution in [0, 0.1) is 0 Å². The van der Waals surface area contributed by atoms with E-state index >= 15 is 0 Å². The molecule has 20 heavy (non-hydrogen) atoms. The summed E-state index contributed by atoms with van der Waals surface area (Å²) < 4.78 is 5.08. The molecule has 0 saturated carbocycles. The zero-order valence-electron chi connectivity index (χ0n) is 12.9. The second-order valence-corrected chi connectivity index (χ2v) is 7.33. The summed E-state index contributed by atoms with van der Waals surface area (Å²) in [6.07, 6.45) is 0. The van der Waals surface area contributed by atoms with E-state index < -0.39 is 0 Å². The maximum atomic E-state index is 12.6. The van der Waals surface area contributed by atoms with Gasteiger partial charge in [0.1, 0.15) is 0 Å². The third-order valence-corrected chi connectivity index (χ3v) is 3.69. The largest absolute Gasteiger partial charge is 0.383 e. The molecule has 0 aliphatic heterocycles. The third-order valence-electron chi connectivity index (χ3n) is 3.13. The Morgan fingerprint density at radius 3 is 2.50 bits per heavy atom. The summed E-state index contributed by atoms with van der Waals surface area (Å²) in [6.45, 7) is 7.57. The number of halogens is 1. The number of amides is 1. The van der Waals surface area contributed by atoms with Crippen molar-refractivity contribution in [1.29, 1.82) is 0 Å². The van der Waals surface area contributed by atoms with Crippen LogP contribution in [-0.4, -0.2) is 42.9 Å². The second-order valence-electron chi connectivity index (χ2n) is 6.03. The maximum Gasteiger partial charge on any atom is 0.253 e. The van der Waals surface area contributed by atoms with Gasteiger partial charge in [-0.05, 0) is 17.0 Å². The van der Waals surface area contributed by atoms with E-state index in [0.717, 1.165) is 11.1 Å². The van der Waals surface area contributed by atoms with Gasteiger partial charge in [0, 0.05) is 26.3 Å². The molecule has 0 spiro atoms. The predicted molar refractivity (Wildman–Crippen MR) is 86.7 cm³/mol. The zero-order valence-corrected chi connectivity index (χ0v) is 14.5. The molecule has 0 N–H and O–H groups in total. The Hall–Kier alpha value is -0.870. The number of nitrogens with zero attached hydrogens (tertiary/aromatic N) is 1. The smallest absolute Gasteiger partial charge is 0.253 e. The molecule has 0 saturated heterocycles. The first kappa shape index (κ1) is 17.2. The Morgan fingerprint density at radius 2 is 1.95 bits per heavy atom. The van der Waals surface area contributed by atoms with Crippen molar-refractivity contribution in [1.82, 2.24) is 4.90 Å². The van der Waals surface area contributed by atoms with Crippen LogP contribution in [0.25, 0.3) is 0 Å². The molecule has 1 rings (SSSR count). The summed E-state index contributed by atoms with van der Waals surface area (Å²) in [5.74, 6) is 0.0519. The van der Waals surface area contributed by atoms with Crippen molar-refractivity contribution < 1.29 is 9.53 Å². The highest BCUT2D eigenvalue weighted by molar-refractivity contribution is 9.09. The first-order valence-electron chi connectivity index (χ1n) is 6.75. The fourth-order valence-electron chi connectivity index (χ4n) is 2.14. The van der Waals surface area contributed by atoms with Crippen molar-refractivity contribution in [3.63, 3.8) is 0 Å². The van der Waals surface area contributed by atoms with E-state index in [2.05, 4.69) is 36.7 Å². The molecule has 4 heteroatoms. The van der Waals surface area contributed by atoms with Crippen molar-refractivity contribution in [2.75, 3.05) is 27.3 Å². The van der Waals surface area contributed by atoms with Crippen LogP contribution in [-0.2, 0) is 10.2 Å². The summed E-state index contributed by atoms with van der Waals surface area (Å²) in [5, 5.41) is 0. The predicted octanol–water partition coefficient (Wildman–Crippen LogP) is 3.47. The Bertz CT molecular complexity index is 454. The van der Waals surface area contributed by atoms with Crippen LogP contribution < -0.4 is 0 Å². The van der Waals surface area contributed by atoms with Crippen molar-refractivity contribution in [3.8, 4) is 0 Å². The highest BCUT2D eigenvalue weighted by atomic mass is 79.9. The van der Waals surface area contributed by atoms with Gasteiger partial charge in [0.2, 0.25) is 0 Å². The summed E-state index contributed by atoms with van der Waals surface area (Å²) in [7, 11) is 3.48. The lowest BCUT2D eigenvalue weighted by atomic mass is 9.83. The molecule has 0 bridgehead atoms. The lowest BCUT2D eigenvalue weighted by molar-refractivity contribution is 0.0781.